The molecule has 0 unspecified atom stereocenters. The van der Waals surface area contributed by atoms with Gasteiger partial charge in [-0.3, -0.25) is 0 Å². The van der Waals surface area contributed by atoms with Crippen LogP contribution in [0.3, 0.4) is 0 Å². The molecule has 13 heteroatoms. The molecular formula is C11H5ClF3N4NaO2S2. The zero-order valence-electron chi connectivity index (χ0n) is 11.8. The average Bonchev–Trinajstić information content (AvgIpc) is 2.95. The first kappa shape index (κ1) is 19.6. The number of fused-ring (bicyclic) bond motifs is 1. The van der Waals surface area contributed by atoms with E-state index in [2.05, 4.69) is 10.1 Å². The molecule has 3 aromatic rings. The van der Waals surface area contributed by atoms with Crippen molar-refractivity contribution in [2.45, 2.75) is 10.5 Å². The van der Waals surface area contributed by atoms with Gasteiger partial charge >= 0.3 is 35.7 Å². The summed E-state index contributed by atoms with van der Waals surface area (Å²) < 4.78 is 61.1. The van der Waals surface area contributed by atoms with Crippen molar-refractivity contribution >= 4 is 37.9 Å². The predicted octanol–water partition coefficient (Wildman–Crippen LogP) is 0.875. The monoisotopic (exact) mass is 404 g/mol. The molecule has 0 amide bonds. The fraction of sp³-hybridized carbons (Fsp3) is 0.0909. The average molecular weight is 405 g/mol. The van der Waals surface area contributed by atoms with E-state index in [0.717, 1.165) is 22.7 Å². The van der Waals surface area contributed by atoms with E-state index in [1.54, 1.807) is 0 Å². The number of rotatable bonds is 2. The van der Waals surface area contributed by atoms with Gasteiger partial charge in [-0.1, -0.05) is 22.9 Å². The first-order chi connectivity index (χ1) is 10.6. The third-order valence-corrected chi connectivity index (χ3v) is 5.32. The second-order valence-corrected chi connectivity index (χ2v) is 7.43. The SMILES string of the molecule is [NH-]S(=O)(=O)c1nn2cc(-c3cc(C(F)(F)F)ccc3Cl)nc2s1.[Na+]. The molecule has 2 heterocycles. The third-order valence-electron chi connectivity index (χ3n) is 2.82. The Balaban J connectivity index is 0.00000208. The molecule has 0 radical (unpaired) electrons. The van der Waals surface area contributed by atoms with Gasteiger partial charge in [0.2, 0.25) is 9.30 Å². The van der Waals surface area contributed by atoms with E-state index < -0.39 is 26.1 Å². The topological polar surface area (TPSA) is 88.1 Å². The third kappa shape index (κ3) is 3.77. The van der Waals surface area contributed by atoms with Crippen molar-refractivity contribution < 1.29 is 51.1 Å². The summed E-state index contributed by atoms with van der Waals surface area (Å²) in [5.41, 5.74) is -0.709. The van der Waals surface area contributed by atoms with Crippen LogP contribution in [0.4, 0.5) is 13.2 Å². The molecule has 2 aromatic heterocycles. The number of nitrogens with zero attached hydrogens (tertiary/aromatic N) is 3. The molecule has 0 atom stereocenters. The number of benzene rings is 1. The van der Waals surface area contributed by atoms with Gasteiger partial charge in [-0.15, -0.1) is 5.10 Å². The summed E-state index contributed by atoms with van der Waals surface area (Å²) in [5.74, 6) is 0. The molecule has 0 aliphatic rings. The van der Waals surface area contributed by atoms with Crippen LogP contribution in [0.15, 0.2) is 28.7 Å². The van der Waals surface area contributed by atoms with E-state index in [1.807, 2.05) is 0 Å². The van der Waals surface area contributed by atoms with E-state index in [1.165, 1.54) is 6.20 Å². The summed E-state index contributed by atoms with van der Waals surface area (Å²) >= 11 is 6.56. The number of halogens is 4. The molecule has 0 fully saturated rings. The Kier molecular flexibility index (Phi) is 5.36. The zero-order valence-corrected chi connectivity index (χ0v) is 16.2. The molecule has 0 bridgehead atoms. The number of hydrogen-bond acceptors (Lipinski definition) is 5. The number of imidazole rings is 1. The van der Waals surface area contributed by atoms with Gasteiger partial charge in [-0.25, -0.2) is 17.9 Å². The van der Waals surface area contributed by atoms with Gasteiger partial charge in [-0.05, 0) is 18.2 Å². The van der Waals surface area contributed by atoms with Gasteiger partial charge in [-0.2, -0.15) is 13.2 Å². The standard InChI is InChI=1S/C11H5ClF3N4O2S2.Na/c12-7-2-1-5(11(13,14)15)3-6(7)8-4-19-9(17-8)22-10(18-19)23(16,20)21;/h1-4H,(H-,16,20,21);/q-1;+1. The second-order valence-electron chi connectivity index (χ2n) is 4.42. The molecule has 6 nitrogen and oxygen atoms in total. The van der Waals surface area contributed by atoms with Crippen LogP contribution >= 0.6 is 22.9 Å². The van der Waals surface area contributed by atoms with Crippen molar-refractivity contribution in [3.8, 4) is 11.3 Å². The van der Waals surface area contributed by atoms with Crippen molar-refractivity contribution in [3.05, 3.63) is 40.1 Å². The summed E-state index contributed by atoms with van der Waals surface area (Å²) in [7, 11) is -4.22. The van der Waals surface area contributed by atoms with Gasteiger partial charge < -0.3 is 5.14 Å². The first-order valence-corrected chi connectivity index (χ1v) is 8.46. The fourth-order valence-corrected chi connectivity index (χ4v) is 3.51. The van der Waals surface area contributed by atoms with Crippen LogP contribution in [-0.2, 0) is 16.2 Å². The predicted molar refractivity (Wildman–Crippen MR) is 77.8 cm³/mol. The van der Waals surface area contributed by atoms with E-state index in [-0.39, 0.29) is 50.8 Å². The second kappa shape index (κ2) is 6.56. The molecule has 24 heavy (non-hydrogen) atoms. The minimum atomic E-state index is -4.53. The molecule has 0 spiro atoms. The van der Waals surface area contributed by atoms with Gasteiger partial charge in [0.05, 0.1) is 22.5 Å². The normalized spacial score (nSPS) is 12.4. The Hall–Kier alpha value is -0.690. The maximum Gasteiger partial charge on any atom is 1.00 e. The van der Waals surface area contributed by atoms with Crippen molar-refractivity contribution in [3.63, 3.8) is 0 Å². The van der Waals surface area contributed by atoms with Gasteiger partial charge in [0.1, 0.15) is 10.0 Å². The molecule has 0 saturated carbocycles. The Bertz CT molecular complexity index is 985. The summed E-state index contributed by atoms with van der Waals surface area (Å²) in [5, 5.41) is 10.7. The van der Waals surface area contributed by atoms with Crippen molar-refractivity contribution in [2.24, 2.45) is 0 Å². The number of nitrogens with one attached hydrogen (secondary N) is 1. The zero-order chi connectivity index (χ0) is 17.0. The minimum Gasteiger partial charge on any atom is -0.558 e. The molecule has 0 aliphatic heterocycles. The fourth-order valence-electron chi connectivity index (χ4n) is 1.82. The molecule has 1 aromatic carbocycles. The number of alkyl halides is 3. The van der Waals surface area contributed by atoms with Crippen LogP contribution in [-0.4, -0.2) is 23.0 Å². The molecule has 0 aliphatic carbocycles. The van der Waals surface area contributed by atoms with Crippen LogP contribution in [0.1, 0.15) is 5.56 Å². The van der Waals surface area contributed by atoms with E-state index in [0.29, 0.717) is 11.3 Å². The first-order valence-electron chi connectivity index (χ1n) is 5.79. The molecule has 1 N–H and O–H groups in total. The molecule has 0 saturated heterocycles. The Morgan fingerprint density at radius 3 is 2.50 bits per heavy atom. The van der Waals surface area contributed by atoms with Crippen LogP contribution in [0.5, 0.6) is 0 Å². The summed E-state index contributed by atoms with van der Waals surface area (Å²) in [6.45, 7) is 0. The largest absolute Gasteiger partial charge is 1.00 e. The molecule has 3 rings (SSSR count). The maximum atomic E-state index is 12.8. The quantitative estimate of drug-likeness (QED) is 0.593. The van der Waals surface area contributed by atoms with Crippen molar-refractivity contribution in [1.29, 1.82) is 0 Å². The van der Waals surface area contributed by atoms with Crippen molar-refractivity contribution in [2.75, 3.05) is 0 Å². The van der Waals surface area contributed by atoms with E-state index in [4.69, 9.17) is 16.7 Å². The van der Waals surface area contributed by atoms with Gasteiger partial charge in [0.25, 0.3) is 0 Å². The molecular weight excluding hydrogens is 400 g/mol. The number of hydrogen-bond donors (Lipinski definition) is 0. The molecule has 122 valence electrons. The Morgan fingerprint density at radius 1 is 1.29 bits per heavy atom. The van der Waals surface area contributed by atoms with Crippen LogP contribution in [0.25, 0.3) is 21.4 Å². The Morgan fingerprint density at radius 2 is 1.96 bits per heavy atom. The summed E-state index contributed by atoms with van der Waals surface area (Å²) in [4.78, 5) is 4.14. The smallest absolute Gasteiger partial charge is 0.558 e. The van der Waals surface area contributed by atoms with Crippen LogP contribution in [0, 0.1) is 0 Å². The van der Waals surface area contributed by atoms with Gasteiger partial charge in [0, 0.05) is 5.56 Å². The maximum absolute atomic E-state index is 12.8. The van der Waals surface area contributed by atoms with Crippen LogP contribution < -0.4 is 29.6 Å². The summed E-state index contributed by atoms with van der Waals surface area (Å²) in [6.07, 6.45) is -3.27. The minimum absolute atomic E-state index is 0. The van der Waals surface area contributed by atoms with E-state index >= 15 is 0 Å². The van der Waals surface area contributed by atoms with Crippen LogP contribution in [0.2, 0.25) is 5.02 Å². The number of aromatic nitrogens is 3. The van der Waals surface area contributed by atoms with Gasteiger partial charge in [0.15, 0.2) is 0 Å². The number of sulfonamides is 1. The summed E-state index contributed by atoms with van der Waals surface area (Å²) in [6, 6.07) is 2.82. The van der Waals surface area contributed by atoms with E-state index in [9.17, 15) is 21.6 Å². The Labute approximate surface area is 164 Å². The van der Waals surface area contributed by atoms with Crippen molar-refractivity contribution in [1.82, 2.24) is 14.6 Å².